The summed E-state index contributed by atoms with van der Waals surface area (Å²) in [5, 5.41) is 0. The van der Waals surface area contributed by atoms with E-state index in [1.807, 2.05) is 6.92 Å². The maximum absolute atomic E-state index is 10.5. The Hall–Kier alpha value is -0.313. The molecule has 9 heavy (non-hydrogen) atoms. The second-order valence-corrected chi connectivity index (χ2v) is 2.93. The van der Waals surface area contributed by atoms with Crippen molar-refractivity contribution in [3.05, 3.63) is 0 Å². The lowest BCUT2D eigenvalue weighted by molar-refractivity contribution is -0.143. The van der Waals surface area contributed by atoms with Gasteiger partial charge in [-0.05, 0) is 6.42 Å². The fraction of sp³-hybridized carbons (Fsp3) is 0.833. The number of carbonyl (C=O) groups excluding carboxylic acids is 1. The summed E-state index contributed by atoms with van der Waals surface area (Å²) >= 11 is 0. The Labute approximate surface area is 59.0 Å². The molecule has 2 nitrogen and oxygen atoms in total. The molecular formula is C6H14O2Si. The number of hydrogen-bond donors (Lipinski definition) is 0. The van der Waals surface area contributed by atoms with Crippen LogP contribution in [0.15, 0.2) is 0 Å². The van der Waals surface area contributed by atoms with E-state index >= 15 is 0 Å². The van der Waals surface area contributed by atoms with Crippen LogP contribution in [0.4, 0.5) is 0 Å². The molecular weight excluding hydrogens is 132 g/mol. The van der Waals surface area contributed by atoms with Gasteiger partial charge in [-0.25, -0.2) is 0 Å². The van der Waals surface area contributed by atoms with Crippen molar-refractivity contribution in [2.75, 3.05) is 6.61 Å². The van der Waals surface area contributed by atoms with Crippen LogP contribution >= 0.6 is 0 Å². The molecule has 0 aromatic rings. The molecule has 0 fully saturated rings. The summed E-state index contributed by atoms with van der Waals surface area (Å²) in [6, 6.07) is 1.22. The lowest BCUT2D eigenvalue weighted by Crippen LogP contribution is -2.03. The Bertz CT molecular complexity index is 83.1. The molecule has 3 heteroatoms. The average molecular weight is 146 g/mol. The van der Waals surface area contributed by atoms with Crippen LogP contribution in [-0.4, -0.2) is 22.8 Å². The summed E-state index contributed by atoms with van der Waals surface area (Å²) < 4.78 is 4.81. The summed E-state index contributed by atoms with van der Waals surface area (Å²) in [6.45, 7) is 2.43. The molecule has 0 aliphatic heterocycles. The minimum atomic E-state index is -0.0786. The standard InChI is InChI=1S/C6H14O2Si/c1-2-6(7)8-4-3-5-9/h2-5H2,1,9H3. The van der Waals surface area contributed by atoms with Gasteiger partial charge in [0.2, 0.25) is 0 Å². The van der Waals surface area contributed by atoms with E-state index in [1.54, 1.807) is 0 Å². The summed E-state index contributed by atoms with van der Waals surface area (Å²) in [6.07, 6.45) is 1.54. The SMILES string of the molecule is CCC(=O)OCCC[SiH3]. The van der Waals surface area contributed by atoms with E-state index in [9.17, 15) is 4.79 Å². The largest absolute Gasteiger partial charge is 0.466 e. The number of carbonyl (C=O) groups is 1. The minimum Gasteiger partial charge on any atom is -0.466 e. The Morgan fingerprint density at radius 1 is 1.67 bits per heavy atom. The third kappa shape index (κ3) is 5.56. The third-order valence-electron chi connectivity index (χ3n) is 1.05. The molecule has 0 N–H and O–H groups in total. The van der Waals surface area contributed by atoms with Crippen molar-refractivity contribution in [2.45, 2.75) is 25.8 Å². The van der Waals surface area contributed by atoms with E-state index < -0.39 is 0 Å². The van der Waals surface area contributed by atoms with Crippen LogP contribution < -0.4 is 0 Å². The van der Waals surface area contributed by atoms with Crippen molar-refractivity contribution in [1.29, 1.82) is 0 Å². The molecule has 0 aliphatic rings. The number of ether oxygens (including phenoxy) is 1. The van der Waals surface area contributed by atoms with E-state index in [4.69, 9.17) is 4.74 Å². The van der Waals surface area contributed by atoms with Gasteiger partial charge in [0, 0.05) is 16.7 Å². The summed E-state index contributed by atoms with van der Waals surface area (Å²) in [5.74, 6) is -0.0786. The van der Waals surface area contributed by atoms with Crippen LogP contribution in [0.1, 0.15) is 19.8 Å². The van der Waals surface area contributed by atoms with Gasteiger partial charge in [0.15, 0.2) is 0 Å². The highest BCUT2D eigenvalue weighted by Crippen LogP contribution is 1.89. The molecule has 0 rings (SSSR count). The van der Waals surface area contributed by atoms with Crippen molar-refractivity contribution in [1.82, 2.24) is 0 Å². The molecule has 0 saturated heterocycles. The number of esters is 1. The van der Waals surface area contributed by atoms with E-state index in [2.05, 4.69) is 0 Å². The zero-order valence-corrected chi connectivity index (χ0v) is 8.14. The van der Waals surface area contributed by atoms with Crippen LogP contribution in [0.3, 0.4) is 0 Å². The van der Waals surface area contributed by atoms with Gasteiger partial charge >= 0.3 is 5.97 Å². The zero-order valence-electron chi connectivity index (χ0n) is 6.14. The van der Waals surface area contributed by atoms with Crippen LogP contribution in [0.2, 0.25) is 6.04 Å². The molecule has 0 saturated carbocycles. The maximum atomic E-state index is 10.5. The van der Waals surface area contributed by atoms with Crippen LogP contribution in [0.25, 0.3) is 0 Å². The highest BCUT2D eigenvalue weighted by Gasteiger charge is 1.94. The maximum Gasteiger partial charge on any atom is 0.305 e. The van der Waals surface area contributed by atoms with Gasteiger partial charge in [0.1, 0.15) is 0 Å². The third-order valence-corrected chi connectivity index (χ3v) is 1.76. The highest BCUT2D eigenvalue weighted by atomic mass is 28.1. The lowest BCUT2D eigenvalue weighted by Gasteiger charge is -1.99. The second-order valence-electron chi connectivity index (χ2n) is 1.93. The molecule has 0 radical (unpaired) electrons. The van der Waals surface area contributed by atoms with Gasteiger partial charge in [-0.1, -0.05) is 13.0 Å². The van der Waals surface area contributed by atoms with Gasteiger partial charge in [-0.2, -0.15) is 0 Å². The van der Waals surface area contributed by atoms with Crippen molar-refractivity contribution >= 4 is 16.2 Å². The molecule has 0 heterocycles. The first-order valence-corrected chi connectivity index (χ1v) is 4.88. The monoisotopic (exact) mass is 146 g/mol. The smallest absolute Gasteiger partial charge is 0.305 e. The average Bonchev–Trinajstić information content (AvgIpc) is 1.89. The summed E-state index contributed by atoms with van der Waals surface area (Å²) in [4.78, 5) is 10.5. The van der Waals surface area contributed by atoms with Gasteiger partial charge in [0.25, 0.3) is 0 Å². The highest BCUT2D eigenvalue weighted by molar-refractivity contribution is 6.08. The van der Waals surface area contributed by atoms with Crippen molar-refractivity contribution in [2.24, 2.45) is 0 Å². The second kappa shape index (κ2) is 5.82. The Kier molecular flexibility index (Phi) is 5.61. The minimum absolute atomic E-state index is 0.0786. The van der Waals surface area contributed by atoms with E-state index in [0.29, 0.717) is 13.0 Å². The Balaban J connectivity index is 2.97. The molecule has 0 spiro atoms. The van der Waals surface area contributed by atoms with E-state index in [-0.39, 0.29) is 5.97 Å². The predicted molar refractivity (Wildman–Crippen MR) is 40.6 cm³/mol. The molecule has 0 amide bonds. The first-order chi connectivity index (χ1) is 4.31. The van der Waals surface area contributed by atoms with Gasteiger partial charge < -0.3 is 4.74 Å². The van der Waals surface area contributed by atoms with Crippen LogP contribution in [0, 0.1) is 0 Å². The van der Waals surface area contributed by atoms with Gasteiger partial charge in [-0.15, -0.1) is 0 Å². The number of hydrogen-bond acceptors (Lipinski definition) is 2. The van der Waals surface area contributed by atoms with E-state index in [0.717, 1.165) is 6.42 Å². The molecule has 0 bridgehead atoms. The van der Waals surface area contributed by atoms with Gasteiger partial charge in [-0.3, -0.25) is 4.79 Å². The predicted octanol–water partition coefficient (Wildman–Crippen LogP) is 0.113. The summed E-state index contributed by atoms with van der Waals surface area (Å²) in [7, 11) is 1.21. The fourth-order valence-electron chi connectivity index (χ4n) is 0.432. The Morgan fingerprint density at radius 3 is 2.78 bits per heavy atom. The quantitative estimate of drug-likeness (QED) is 0.320. The molecule has 0 aromatic carbocycles. The van der Waals surface area contributed by atoms with Crippen molar-refractivity contribution in [3.63, 3.8) is 0 Å². The Morgan fingerprint density at radius 2 is 2.33 bits per heavy atom. The topological polar surface area (TPSA) is 26.3 Å². The van der Waals surface area contributed by atoms with E-state index in [1.165, 1.54) is 16.3 Å². The molecule has 0 unspecified atom stereocenters. The van der Waals surface area contributed by atoms with Gasteiger partial charge in [0.05, 0.1) is 6.61 Å². The molecule has 0 aromatic heterocycles. The first-order valence-electron chi connectivity index (χ1n) is 3.46. The number of rotatable bonds is 4. The fourth-order valence-corrected chi connectivity index (χ4v) is 0.721. The normalized spacial score (nSPS) is 9.44. The molecule has 54 valence electrons. The van der Waals surface area contributed by atoms with Crippen molar-refractivity contribution in [3.8, 4) is 0 Å². The van der Waals surface area contributed by atoms with Crippen molar-refractivity contribution < 1.29 is 9.53 Å². The zero-order chi connectivity index (χ0) is 7.11. The lowest BCUT2D eigenvalue weighted by atomic mass is 10.5. The molecule has 0 atom stereocenters. The summed E-state index contributed by atoms with van der Waals surface area (Å²) in [5.41, 5.74) is 0. The van der Waals surface area contributed by atoms with Crippen LogP contribution in [-0.2, 0) is 9.53 Å². The first kappa shape index (κ1) is 8.69. The van der Waals surface area contributed by atoms with Crippen LogP contribution in [0.5, 0.6) is 0 Å². The molecule has 0 aliphatic carbocycles.